The minimum absolute atomic E-state index is 0.0736. The highest BCUT2D eigenvalue weighted by Gasteiger charge is 2.14. The number of hydrogen-bond acceptors (Lipinski definition) is 2. The second kappa shape index (κ2) is 9.54. The molecule has 0 aliphatic rings. The van der Waals surface area contributed by atoms with Crippen molar-refractivity contribution in [1.29, 1.82) is 0 Å². The first-order chi connectivity index (χ1) is 12.0. The van der Waals surface area contributed by atoms with E-state index in [1.807, 2.05) is 25.1 Å². The van der Waals surface area contributed by atoms with Gasteiger partial charge in [-0.3, -0.25) is 9.69 Å². The van der Waals surface area contributed by atoms with Crippen LogP contribution in [-0.4, -0.2) is 30.4 Å². The molecule has 0 bridgehead atoms. The normalized spacial score (nSPS) is 12.2. The number of nitrogens with one attached hydrogen (secondary N) is 1. The van der Waals surface area contributed by atoms with Gasteiger partial charge in [0.2, 0.25) is 5.91 Å². The quantitative estimate of drug-likeness (QED) is 0.768. The number of aryl methyl sites for hydroxylation is 1. The average Bonchev–Trinajstić information content (AvgIpc) is 2.57. The summed E-state index contributed by atoms with van der Waals surface area (Å²) in [5, 5.41) is 3.37. The van der Waals surface area contributed by atoms with Crippen LogP contribution >= 0.6 is 11.6 Å². The van der Waals surface area contributed by atoms with Crippen molar-refractivity contribution in [3.63, 3.8) is 0 Å². The van der Waals surface area contributed by atoms with Crippen molar-refractivity contribution in [2.24, 2.45) is 0 Å². The van der Waals surface area contributed by atoms with Crippen molar-refractivity contribution < 1.29 is 9.18 Å². The van der Waals surface area contributed by atoms with Gasteiger partial charge in [0.15, 0.2) is 0 Å². The summed E-state index contributed by atoms with van der Waals surface area (Å²) in [5.41, 5.74) is 1.67. The first-order valence-corrected chi connectivity index (χ1v) is 8.78. The predicted molar refractivity (Wildman–Crippen MR) is 100 cm³/mol. The van der Waals surface area contributed by atoms with E-state index in [4.69, 9.17) is 11.6 Å². The summed E-state index contributed by atoms with van der Waals surface area (Å²) in [6.07, 6.45) is 1.79. The van der Waals surface area contributed by atoms with Gasteiger partial charge in [0.1, 0.15) is 5.82 Å². The highest BCUT2D eigenvalue weighted by Crippen LogP contribution is 2.20. The van der Waals surface area contributed by atoms with Crippen molar-refractivity contribution >= 4 is 17.5 Å². The lowest BCUT2D eigenvalue weighted by atomic mass is 10.1. The maximum Gasteiger partial charge on any atom is 0.234 e. The minimum Gasteiger partial charge on any atom is -0.353 e. The van der Waals surface area contributed by atoms with Crippen LogP contribution in [0.25, 0.3) is 0 Å². The van der Waals surface area contributed by atoms with Gasteiger partial charge in [0.25, 0.3) is 0 Å². The SMILES string of the molecule is C[C@@H](CCc1ccccc1)NC(=O)CN(C)Cc1c(F)cccc1Cl. The molecule has 2 aromatic rings. The van der Waals surface area contributed by atoms with Gasteiger partial charge in [-0.15, -0.1) is 0 Å². The van der Waals surface area contributed by atoms with Crippen LogP contribution in [0.15, 0.2) is 48.5 Å². The molecule has 134 valence electrons. The first kappa shape index (κ1) is 19.4. The summed E-state index contributed by atoms with van der Waals surface area (Å²) in [6, 6.07) is 14.9. The number of carbonyl (C=O) groups excluding carboxylic acids is 1. The van der Waals surface area contributed by atoms with Crippen LogP contribution in [0.5, 0.6) is 0 Å². The Kier molecular flexibility index (Phi) is 7.41. The van der Waals surface area contributed by atoms with Crippen molar-refractivity contribution in [3.05, 3.63) is 70.5 Å². The standard InChI is InChI=1S/C20H24ClFN2O/c1-15(11-12-16-7-4-3-5-8-16)23-20(25)14-24(2)13-17-18(21)9-6-10-19(17)22/h3-10,15H,11-14H2,1-2H3,(H,23,25)/t15-/m0/s1. The van der Waals surface area contributed by atoms with Crippen LogP contribution in [0.3, 0.4) is 0 Å². The van der Waals surface area contributed by atoms with Crippen molar-refractivity contribution in [2.45, 2.75) is 32.4 Å². The van der Waals surface area contributed by atoms with Gasteiger partial charge >= 0.3 is 0 Å². The number of hydrogen-bond donors (Lipinski definition) is 1. The molecule has 3 nitrogen and oxygen atoms in total. The second-order valence-corrected chi connectivity index (χ2v) is 6.77. The monoisotopic (exact) mass is 362 g/mol. The summed E-state index contributed by atoms with van der Waals surface area (Å²) in [4.78, 5) is 13.9. The van der Waals surface area contributed by atoms with E-state index >= 15 is 0 Å². The zero-order chi connectivity index (χ0) is 18.2. The highest BCUT2D eigenvalue weighted by atomic mass is 35.5. The van der Waals surface area contributed by atoms with Gasteiger partial charge in [-0.25, -0.2) is 4.39 Å². The number of likely N-dealkylation sites (N-methyl/N-ethyl adjacent to an activating group) is 1. The molecule has 0 saturated carbocycles. The van der Waals surface area contributed by atoms with Crippen LogP contribution in [-0.2, 0) is 17.8 Å². The smallest absolute Gasteiger partial charge is 0.234 e. The molecular formula is C20H24ClFN2O. The Hall–Kier alpha value is -1.91. The van der Waals surface area contributed by atoms with E-state index in [-0.39, 0.29) is 30.9 Å². The van der Waals surface area contributed by atoms with Crippen LogP contribution in [0.4, 0.5) is 4.39 Å². The van der Waals surface area contributed by atoms with E-state index < -0.39 is 0 Å². The Morgan fingerprint density at radius 1 is 1.20 bits per heavy atom. The van der Waals surface area contributed by atoms with Crippen LogP contribution in [0.1, 0.15) is 24.5 Å². The molecule has 2 rings (SSSR count). The average molecular weight is 363 g/mol. The van der Waals surface area contributed by atoms with E-state index in [1.165, 1.54) is 11.6 Å². The molecule has 0 radical (unpaired) electrons. The number of rotatable bonds is 8. The molecule has 0 unspecified atom stereocenters. The Balaban J connectivity index is 1.77. The maximum atomic E-state index is 13.8. The number of nitrogens with zero attached hydrogens (tertiary/aromatic N) is 1. The second-order valence-electron chi connectivity index (χ2n) is 6.37. The minimum atomic E-state index is -0.351. The van der Waals surface area contributed by atoms with E-state index in [0.717, 1.165) is 12.8 Å². The van der Waals surface area contributed by atoms with Crippen LogP contribution in [0, 0.1) is 5.82 Å². The van der Waals surface area contributed by atoms with Gasteiger partial charge in [-0.1, -0.05) is 48.0 Å². The fourth-order valence-electron chi connectivity index (χ4n) is 2.67. The fourth-order valence-corrected chi connectivity index (χ4v) is 2.90. The van der Waals surface area contributed by atoms with E-state index in [9.17, 15) is 9.18 Å². The van der Waals surface area contributed by atoms with Gasteiger partial charge in [-0.05, 0) is 44.5 Å². The number of halogens is 2. The van der Waals surface area contributed by atoms with Crippen molar-refractivity contribution in [2.75, 3.05) is 13.6 Å². The van der Waals surface area contributed by atoms with Gasteiger partial charge < -0.3 is 5.32 Å². The third-order valence-corrected chi connectivity index (χ3v) is 4.37. The Bertz CT molecular complexity index is 673. The molecule has 0 aromatic heterocycles. The summed E-state index contributed by atoms with van der Waals surface area (Å²) in [5.74, 6) is -0.425. The third kappa shape index (κ3) is 6.48. The molecule has 1 N–H and O–H groups in total. The predicted octanol–water partition coefficient (Wildman–Crippen LogP) is 4.05. The summed E-state index contributed by atoms with van der Waals surface area (Å²) < 4.78 is 13.8. The molecule has 0 spiro atoms. The molecule has 0 heterocycles. The molecule has 25 heavy (non-hydrogen) atoms. The molecule has 0 fully saturated rings. The Morgan fingerprint density at radius 3 is 2.60 bits per heavy atom. The van der Waals surface area contributed by atoms with Gasteiger partial charge in [-0.2, -0.15) is 0 Å². The van der Waals surface area contributed by atoms with Crippen LogP contribution < -0.4 is 5.32 Å². The topological polar surface area (TPSA) is 32.3 Å². The first-order valence-electron chi connectivity index (χ1n) is 8.40. The van der Waals surface area contributed by atoms with Gasteiger partial charge in [0, 0.05) is 23.2 Å². The Labute approximate surface area is 153 Å². The molecule has 1 atom stereocenters. The molecule has 5 heteroatoms. The maximum absolute atomic E-state index is 13.8. The van der Waals surface area contributed by atoms with Crippen molar-refractivity contribution in [1.82, 2.24) is 10.2 Å². The fraction of sp³-hybridized carbons (Fsp3) is 0.350. The van der Waals surface area contributed by atoms with Crippen molar-refractivity contribution in [3.8, 4) is 0 Å². The lowest BCUT2D eigenvalue weighted by molar-refractivity contribution is -0.122. The molecule has 0 saturated heterocycles. The zero-order valence-corrected chi connectivity index (χ0v) is 15.4. The van der Waals surface area contributed by atoms with Crippen LogP contribution in [0.2, 0.25) is 5.02 Å². The summed E-state index contributed by atoms with van der Waals surface area (Å²) in [6.45, 7) is 2.48. The third-order valence-electron chi connectivity index (χ3n) is 4.02. The van der Waals surface area contributed by atoms with E-state index in [0.29, 0.717) is 10.6 Å². The molecule has 0 aliphatic carbocycles. The highest BCUT2D eigenvalue weighted by molar-refractivity contribution is 6.31. The number of carbonyl (C=O) groups is 1. The zero-order valence-electron chi connectivity index (χ0n) is 14.6. The molecule has 2 aromatic carbocycles. The number of benzene rings is 2. The Morgan fingerprint density at radius 2 is 1.92 bits per heavy atom. The van der Waals surface area contributed by atoms with E-state index in [1.54, 1.807) is 24.1 Å². The summed E-state index contributed by atoms with van der Waals surface area (Å²) >= 11 is 6.03. The summed E-state index contributed by atoms with van der Waals surface area (Å²) in [7, 11) is 1.77. The van der Waals surface area contributed by atoms with Gasteiger partial charge in [0.05, 0.1) is 6.54 Å². The molecule has 0 aliphatic heterocycles. The lowest BCUT2D eigenvalue weighted by Gasteiger charge is -2.20. The lowest BCUT2D eigenvalue weighted by Crippen LogP contribution is -2.39. The molecular weight excluding hydrogens is 339 g/mol. The molecule has 1 amide bonds. The largest absolute Gasteiger partial charge is 0.353 e. The number of amides is 1. The van der Waals surface area contributed by atoms with E-state index in [2.05, 4.69) is 17.4 Å².